The Morgan fingerprint density at radius 1 is 1.04 bits per heavy atom. The fraction of sp³-hybridized carbons (Fsp3) is 0.294. The Hall–Kier alpha value is -2.32. The molecular weight excluding hydrogens is 354 g/mol. The van der Waals surface area contributed by atoms with Gasteiger partial charge in [0.2, 0.25) is 0 Å². The number of aryl methyl sites for hydroxylation is 1. The fourth-order valence-corrected chi connectivity index (χ4v) is 5.15. The predicted octanol–water partition coefficient (Wildman–Crippen LogP) is 4.38. The van der Waals surface area contributed by atoms with E-state index >= 15 is 0 Å². The van der Waals surface area contributed by atoms with E-state index in [0.29, 0.717) is 17.5 Å². The second kappa shape index (κ2) is 5.89. The molecule has 0 radical (unpaired) electrons. The quantitative estimate of drug-likeness (QED) is 0.534. The summed E-state index contributed by atoms with van der Waals surface area (Å²) < 4.78 is 7.01. The van der Waals surface area contributed by atoms with Crippen molar-refractivity contribution < 1.29 is 4.42 Å². The van der Waals surface area contributed by atoms with Gasteiger partial charge in [-0.05, 0) is 38.0 Å². The Bertz CT molecular complexity index is 1010. The topological polar surface area (TPSA) is 67.9 Å². The lowest BCUT2D eigenvalue weighted by Gasteiger charge is -2.11. The number of nitrogens with zero attached hydrogens (tertiary/aromatic N) is 5. The lowest BCUT2D eigenvalue weighted by molar-refractivity contribution is 0.583. The Labute approximate surface area is 152 Å². The summed E-state index contributed by atoms with van der Waals surface area (Å²) in [6.07, 6.45) is 2.52. The van der Waals surface area contributed by atoms with Crippen LogP contribution in [0.2, 0.25) is 0 Å². The highest BCUT2D eigenvalue weighted by molar-refractivity contribution is 7.30. The fourth-order valence-electron chi connectivity index (χ4n) is 2.96. The molecule has 6 nitrogen and oxygen atoms in total. The van der Waals surface area contributed by atoms with Gasteiger partial charge in [0, 0.05) is 18.8 Å². The van der Waals surface area contributed by atoms with Crippen LogP contribution in [0.1, 0.15) is 18.5 Å². The molecule has 5 heterocycles. The van der Waals surface area contributed by atoms with Crippen molar-refractivity contribution in [1.82, 2.24) is 20.2 Å². The van der Waals surface area contributed by atoms with E-state index in [0.717, 1.165) is 33.6 Å². The lowest BCUT2D eigenvalue weighted by atomic mass is 10.3. The molecule has 5 rings (SSSR count). The number of anilines is 1. The molecule has 1 aliphatic heterocycles. The third-order valence-electron chi connectivity index (χ3n) is 4.20. The van der Waals surface area contributed by atoms with Crippen LogP contribution in [0.3, 0.4) is 0 Å². The van der Waals surface area contributed by atoms with Gasteiger partial charge in [-0.15, -0.1) is 21.5 Å². The summed E-state index contributed by atoms with van der Waals surface area (Å²) >= 11 is 3.34. The van der Waals surface area contributed by atoms with Gasteiger partial charge >= 0.3 is 0 Å². The first-order valence-electron chi connectivity index (χ1n) is 8.19. The normalized spacial score (nSPS) is 14.7. The van der Waals surface area contributed by atoms with Crippen molar-refractivity contribution in [2.75, 3.05) is 18.0 Å². The van der Waals surface area contributed by atoms with Crippen LogP contribution < -0.4 is 4.90 Å². The maximum absolute atomic E-state index is 5.83. The van der Waals surface area contributed by atoms with Crippen LogP contribution in [0.15, 0.2) is 28.7 Å². The standard InChI is InChI=1S/C17H15N5OS2/c1-10-5-4-6-11(18-10)14-20-21-15(23-14)12-9-13-16(24-12)19-17(25-13)22-7-2-3-8-22/h4-6,9H,2-3,7-8H2,1H3. The van der Waals surface area contributed by atoms with Crippen LogP contribution in [0.25, 0.3) is 31.9 Å². The van der Waals surface area contributed by atoms with E-state index < -0.39 is 0 Å². The van der Waals surface area contributed by atoms with Gasteiger partial charge in [-0.25, -0.2) is 9.97 Å². The molecule has 0 spiro atoms. The van der Waals surface area contributed by atoms with E-state index in [2.05, 4.69) is 26.1 Å². The van der Waals surface area contributed by atoms with Crippen molar-refractivity contribution in [3.63, 3.8) is 0 Å². The minimum Gasteiger partial charge on any atom is -0.414 e. The molecule has 4 aromatic rings. The smallest absolute Gasteiger partial charge is 0.266 e. The summed E-state index contributed by atoms with van der Waals surface area (Å²) in [6, 6.07) is 7.85. The molecule has 0 aromatic carbocycles. The number of thiazole rings is 1. The van der Waals surface area contributed by atoms with Gasteiger partial charge in [-0.3, -0.25) is 0 Å². The minimum absolute atomic E-state index is 0.446. The molecule has 0 bridgehead atoms. The maximum Gasteiger partial charge on any atom is 0.266 e. The third kappa shape index (κ3) is 2.71. The van der Waals surface area contributed by atoms with Crippen molar-refractivity contribution in [1.29, 1.82) is 0 Å². The van der Waals surface area contributed by atoms with Crippen LogP contribution in [-0.2, 0) is 0 Å². The highest BCUT2D eigenvalue weighted by atomic mass is 32.1. The summed E-state index contributed by atoms with van der Waals surface area (Å²) in [5, 5.41) is 9.45. The predicted molar refractivity (Wildman–Crippen MR) is 100 cm³/mol. The van der Waals surface area contributed by atoms with E-state index in [1.54, 1.807) is 22.7 Å². The lowest BCUT2D eigenvalue weighted by Crippen LogP contribution is -2.16. The van der Waals surface area contributed by atoms with Crippen LogP contribution in [0.5, 0.6) is 0 Å². The molecule has 8 heteroatoms. The largest absolute Gasteiger partial charge is 0.414 e. The summed E-state index contributed by atoms with van der Waals surface area (Å²) in [5.74, 6) is 0.970. The first-order chi connectivity index (χ1) is 12.3. The second-order valence-electron chi connectivity index (χ2n) is 6.05. The number of aromatic nitrogens is 4. The number of hydrogen-bond acceptors (Lipinski definition) is 8. The number of hydrogen-bond donors (Lipinski definition) is 0. The molecule has 1 fully saturated rings. The van der Waals surface area contributed by atoms with E-state index in [-0.39, 0.29) is 0 Å². The third-order valence-corrected chi connectivity index (χ3v) is 6.41. The summed E-state index contributed by atoms with van der Waals surface area (Å²) in [6.45, 7) is 4.17. The van der Waals surface area contributed by atoms with Gasteiger partial charge in [0.1, 0.15) is 10.5 Å². The first-order valence-corrected chi connectivity index (χ1v) is 9.83. The number of fused-ring (bicyclic) bond motifs is 1. The number of pyridine rings is 1. The molecule has 25 heavy (non-hydrogen) atoms. The van der Waals surface area contributed by atoms with E-state index in [1.807, 2.05) is 25.1 Å². The van der Waals surface area contributed by atoms with Crippen LogP contribution in [-0.4, -0.2) is 33.3 Å². The Balaban J connectivity index is 1.46. The molecule has 0 saturated carbocycles. The molecule has 0 amide bonds. The highest BCUT2D eigenvalue weighted by Gasteiger charge is 2.20. The minimum atomic E-state index is 0.446. The molecule has 0 aliphatic carbocycles. The monoisotopic (exact) mass is 369 g/mol. The molecule has 0 atom stereocenters. The van der Waals surface area contributed by atoms with Gasteiger partial charge in [0.25, 0.3) is 11.8 Å². The zero-order chi connectivity index (χ0) is 16.8. The maximum atomic E-state index is 5.83. The summed E-state index contributed by atoms with van der Waals surface area (Å²) in [7, 11) is 0. The molecule has 1 aliphatic rings. The van der Waals surface area contributed by atoms with Crippen molar-refractivity contribution >= 4 is 37.3 Å². The van der Waals surface area contributed by atoms with Crippen molar-refractivity contribution in [3.05, 3.63) is 30.0 Å². The SMILES string of the molecule is Cc1cccc(-c2nnc(-c3cc4sc(N5CCCC5)nc4s3)o2)n1. The molecular formula is C17H15N5OS2. The summed E-state index contributed by atoms with van der Waals surface area (Å²) in [4.78, 5) is 13.6. The van der Waals surface area contributed by atoms with E-state index in [9.17, 15) is 0 Å². The first kappa shape index (κ1) is 15.0. The highest BCUT2D eigenvalue weighted by Crippen LogP contribution is 2.39. The second-order valence-corrected chi connectivity index (χ2v) is 8.09. The van der Waals surface area contributed by atoms with Gasteiger partial charge in [0.05, 0.1) is 9.58 Å². The van der Waals surface area contributed by atoms with Gasteiger partial charge in [0.15, 0.2) is 5.13 Å². The van der Waals surface area contributed by atoms with Gasteiger partial charge in [-0.2, -0.15) is 0 Å². The molecule has 4 aromatic heterocycles. The van der Waals surface area contributed by atoms with Gasteiger partial charge in [-0.1, -0.05) is 17.4 Å². The Morgan fingerprint density at radius 3 is 2.68 bits per heavy atom. The molecule has 1 saturated heterocycles. The zero-order valence-electron chi connectivity index (χ0n) is 13.6. The van der Waals surface area contributed by atoms with Crippen molar-refractivity contribution in [2.45, 2.75) is 19.8 Å². The van der Waals surface area contributed by atoms with E-state index in [1.165, 1.54) is 17.5 Å². The van der Waals surface area contributed by atoms with Crippen LogP contribution >= 0.6 is 22.7 Å². The molecule has 0 N–H and O–H groups in total. The van der Waals surface area contributed by atoms with E-state index in [4.69, 9.17) is 9.40 Å². The number of rotatable bonds is 3. The van der Waals surface area contributed by atoms with Crippen molar-refractivity contribution in [3.8, 4) is 22.4 Å². The molecule has 0 unspecified atom stereocenters. The van der Waals surface area contributed by atoms with Crippen molar-refractivity contribution in [2.24, 2.45) is 0 Å². The molecule has 126 valence electrons. The summed E-state index contributed by atoms with van der Waals surface area (Å²) in [5.41, 5.74) is 1.62. The van der Waals surface area contributed by atoms with Gasteiger partial charge < -0.3 is 9.32 Å². The Morgan fingerprint density at radius 2 is 1.88 bits per heavy atom. The zero-order valence-corrected chi connectivity index (χ0v) is 15.2. The average molecular weight is 369 g/mol. The Kier molecular flexibility index (Phi) is 3.53. The van der Waals surface area contributed by atoms with Crippen LogP contribution in [0, 0.1) is 6.92 Å². The van der Waals surface area contributed by atoms with Crippen LogP contribution in [0.4, 0.5) is 5.13 Å². The number of thiophene rings is 1. The average Bonchev–Trinajstić information content (AvgIpc) is 3.36.